The lowest BCUT2D eigenvalue weighted by Crippen LogP contribution is -2.44. The molecular weight excluding hydrogens is 248 g/mol. The second-order valence-corrected chi connectivity index (χ2v) is 5.36. The van der Waals surface area contributed by atoms with Gasteiger partial charge in [0.05, 0.1) is 13.0 Å². The molecule has 1 rings (SSSR count). The Balaban J connectivity index is 2.37. The molecule has 1 aliphatic carbocycles. The van der Waals surface area contributed by atoms with Crippen LogP contribution in [0.5, 0.6) is 0 Å². The highest BCUT2D eigenvalue weighted by atomic mass is 16.5. The maximum atomic E-state index is 11.8. The summed E-state index contributed by atoms with van der Waals surface area (Å²) in [5.41, 5.74) is 0.0536. The average Bonchev–Trinajstić information content (AvgIpc) is 2.82. The van der Waals surface area contributed by atoms with Gasteiger partial charge < -0.3 is 20.1 Å². The summed E-state index contributed by atoms with van der Waals surface area (Å²) in [7, 11) is 3.29. The number of carbonyl (C=O) groups is 2. The van der Waals surface area contributed by atoms with E-state index < -0.39 is 5.97 Å². The molecule has 0 unspecified atom stereocenters. The van der Waals surface area contributed by atoms with Crippen molar-refractivity contribution in [2.45, 2.75) is 32.1 Å². The van der Waals surface area contributed by atoms with Gasteiger partial charge in [0.25, 0.3) is 0 Å². The fourth-order valence-electron chi connectivity index (χ4n) is 2.57. The van der Waals surface area contributed by atoms with Crippen molar-refractivity contribution in [3.05, 3.63) is 0 Å². The molecule has 2 N–H and O–H groups in total. The maximum absolute atomic E-state index is 11.8. The van der Waals surface area contributed by atoms with Crippen LogP contribution in [-0.2, 0) is 9.53 Å². The van der Waals surface area contributed by atoms with Gasteiger partial charge in [-0.3, -0.25) is 4.79 Å². The first-order chi connectivity index (χ1) is 8.99. The summed E-state index contributed by atoms with van der Waals surface area (Å²) < 4.78 is 5.26. The molecule has 0 aliphatic heterocycles. The quantitative estimate of drug-likeness (QED) is 0.732. The molecule has 0 aromatic heterocycles. The van der Waals surface area contributed by atoms with Gasteiger partial charge in [-0.2, -0.15) is 0 Å². The summed E-state index contributed by atoms with van der Waals surface area (Å²) in [5, 5.41) is 11.5. The van der Waals surface area contributed by atoms with Crippen molar-refractivity contribution in [2.75, 3.05) is 33.9 Å². The molecule has 0 aromatic rings. The second-order valence-electron chi connectivity index (χ2n) is 5.36. The summed E-state index contributed by atoms with van der Waals surface area (Å²) in [6, 6.07) is -0.219. The molecule has 0 radical (unpaired) electrons. The van der Waals surface area contributed by atoms with Gasteiger partial charge in [0.1, 0.15) is 0 Å². The number of nitrogens with zero attached hydrogens (tertiary/aromatic N) is 1. The molecule has 1 saturated carbocycles. The Bertz CT molecular complexity index is 314. The van der Waals surface area contributed by atoms with Crippen LogP contribution in [0.1, 0.15) is 32.1 Å². The van der Waals surface area contributed by atoms with Crippen LogP contribution in [-0.4, -0.2) is 55.9 Å². The fourth-order valence-corrected chi connectivity index (χ4v) is 2.57. The molecule has 1 fully saturated rings. The predicted octanol–water partition coefficient (Wildman–Crippen LogP) is 1.31. The van der Waals surface area contributed by atoms with E-state index in [1.807, 2.05) is 0 Å². The lowest BCUT2D eigenvalue weighted by atomic mass is 9.87. The molecular formula is C13H24N2O4. The number of nitrogens with one attached hydrogen (secondary N) is 1. The molecule has 0 heterocycles. The highest BCUT2D eigenvalue weighted by Gasteiger charge is 2.34. The van der Waals surface area contributed by atoms with Gasteiger partial charge >= 0.3 is 12.0 Å². The van der Waals surface area contributed by atoms with Crippen molar-refractivity contribution in [3.63, 3.8) is 0 Å². The van der Waals surface area contributed by atoms with Crippen molar-refractivity contribution in [2.24, 2.45) is 5.41 Å². The van der Waals surface area contributed by atoms with Crippen LogP contribution in [0.2, 0.25) is 0 Å². The van der Waals surface area contributed by atoms with Crippen LogP contribution in [0.3, 0.4) is 0 Å². The van der Waals surface area contributed by atoms with E-state index in [4.69, 9.17) is 9.84 Å². The molecule has 2 amide bonds. The second kappa shape index (κ2) is 7.33. The van der Waals surface area contributed by atoms with Gasteiger partial charge in [-0.1, -0.05) is 12.8 Å². The molecule has 6 heteroatoms. The first-order valence-electron chi connectivity index (χ1n) is 6.69. The van der Waals surface area contributed by atoms with Crippen LogP contribution in [0.4, 0.5) is 4.79 Å². The standard InChI is InChI=1S/C13H24N2O4/c1-15(8-5-11(16)17)12(18)14-9-13(10-19-2)6-3-4-7-13/h3-10H2,1-2H3,(H,14,18)(H,16,17). The maximum Gasteiger partial charge on any atom is 0.317 e. The Labute approximate surface area is 114 Å². The van der Waals surface area contributed by atoms with Crippen molar-refractivity contribution < 1.29 is 19.4 Å². The van der Waals surface area contributed by atoms with E-state index in [2.05, 4.69) is 5.32 Å². The molecule has 110 valence electrons. The molecule has 6 nitrogen and oxygen atoms in total. The number of carboxylic acid groups (broad SMARTS) is 1. The molecule has 19 heavy (non-hydrogen) atoms. The van der Waals surface area contributed by atoms with E-state index in [9.17, 15) is 9.59 Å². The van der Waals surface area contributed by atoms with E-state index in [1.54, 1.807) is 14.2 Å². The van der Waals surface area contributed by atoms with E-state index >= 15 is 0 Å². The van der Waals surface area contributed by atoms with Gasteiger partial charge in [0, 0.05) is 32.7 Å². The fraction of sp³-hybridized carbons (Fsp3) is 0.846. The van der Waals surface area contributed by atoms with Crippen LogP contribution < -0.4 is 5.32 Å². The Morgan fingerprint density at radius 2 is 2.00 bits per heavy atom. The number of carbonyl (C=O) groups excluding carboxylic acids is 1. The van der Waals surface area contributed by atoms with Crippen LogP contribution >= 0.6 is 0 Å². The van der Waals surface area contributed by atoms with Crippen molar-refractivity contribution in [1.29, 1.82) is 0 Å². The summed E-state index contributed by atoms with van der Waals surface area (Å²) in [6.07, 6.45) is 4.45. The summed E-state index contributed by atoms with van der Waals surface area (Å²) in [6.45, 7) is 1.47. The number of urea groups is 1. The van der Waals surface area contributed by atoms with Crippen molar-refractivity contribution in [1.82, 2.24) is 10.2 Å². The number of carboxylic acids is 1. The number of amides is 2. The third-order valence-corrected chi connectivity index (χ3v) is 3.74. The molecule has 1 aliphatic rings. The van der Waals surface area contributed by atoms with Gasteiger partial charge in [-0.15, -0.1) is 0 Å². The summed E-state index contributed by atoms with van der Waals surface area (Å²) in [5.74, 6) is -0.897. The lowest BCUT2D eigenvalue weighted by molar-refractivity contribution is -0.137. The minimum Gasteiger partial charge on any atom is -0.481 e. The van der Waals surface area contributed by atoms with Crippen molar-refractivity contribution in [3.8, 4) is 0 Å². The van der Waals surface area contributed by atoms with E-state index in [1.165, 1.54) is 17.7 Å². The van der Waals surface area contributed by atoms with Gasteiger partial charge in [-0.25, -0.2) is 4.79 Å². The number of aliphatic carboxylic acids is 1. The number of methoxy groups -OCH3 is 1. The van der Waals surface area contributed by atoms with Crippen LogP contribution in [0, 0.1) is 5.41 Å². The van der Waals surface area contributed by atoms with Crippen LogP contribution in [0.15, 0.2) is 0 Å². The molecule has 0 spiro atoms. The predicted molar refractivity (Wildman–Crippen MR) is 71.1 cm³/mol. The highest BCUT2D eigenvalue weighted by Crippen LogP contribution is 2.37. The number of ether oxygens (including phenoxy) is 1. The van der Waals surface area contributed by atoms with Crippen molar-refractivity contribution >= 4 is 12.0 Å². The Hall–Kier alpha value is -1.30. The lowest BCUT2D eigenvalue weighted by Gasteiger charge is -2.29. The van der Waals surface area contributed by atoms with Gasteiger partial charge in [0.15, 0.2) is 0 Å². The summed E-state index contributed by atoms with van der Waals surface area (Å²) in [4.78, 5) is 23.7. The minimum atomic E-state index is -0.897. The first kappa shape index (κ1) is 15.8. The highest BCUT2D eigenvalue weighted by molar-refractivity contribution is 5.75. The summed E-state index contributed by atoms with van der Waals surface area (Å²) >= 11 is 0. The molecule has 0 atom stereocenters. The van der Waals surface area contributed by atoms with Crippen LogP contribution in [0.25, 0.3) is 0 Å². The SMILES string of the molecule is COCC1(CNC(=O)N(C)CCC(=O)O)CCCC1. The molecule has 0 aromatic carbocycles. The van der Waals surface area contributed by atoms with Gasteiger partial charge in [0.2, 0.25) is 0 Å². The third-order valence-electron chi connectivity index (χ3n) is 3.74. The number of hydrogen-bond donors (Lipinski definition) is 2. The van der Waals surface area contributed by atoms with E-state index in [0.29, 0.717) is 13.2 Å². The third kappa shape index (κ3) is 5.06. The normalized spacial score (nSPS) is 17.2. The largest absolute Gasteiger partial charge is 0.481 e. The number of hydrogen-bond acceptors (Lipinski definition) is 3. The first-order valence-corrected chi connectivity index (χ1v) is 6.69. The zero-order valence-electron chi connectivity index (χ0n) is 11.8. The number of rotatable bonds is 7. The average molecular weight is 272 g/mol. The van der Waals surface area contributed by atoms with Gasteiger partial charge in [-0.05, 0) is 12.8 Å². The smallest absolute Gasteiger partial charge is 0.317 e. The monoisotopic (exact) mass is 272 g/mol. The molecule has 0 bridgehead atoms. The Morgan fingerprint density at radius 3 is 2.53 bits per heavy atom. The van der Waals surface area contributed by atoms with E-state index in [-0.39, 0.29) is 24.4 Å². The topological polar surface area (TPSA) is 78.9 Å². The zero-order valence-corrected chi connectivity index (χ0v) is 11.8. The van der Waals surface area contributed by atoms with E-state index in [0.717, 1.165) is 12.8 Å². The Kier molecular flexibility index (Phi) is 6.08. The minimum absolute atomic E-state index is 0.0346. The zero-order chi connectivity index (χ0) is 14.3. The molecule has 0 saturated heterocycles. The Morgan fingerprint density at radius 1 is 1.37 bits per heavy atom.